The molecule has 0 unspecified atom stereocenters. The van der Waals surface area contributed by atoms with E-state index in [1.807, 2.05) is 0 Å². The van der Waals surface area contributed by atoms with Crippen molar-refractivity contribution in [3.63, 3.8) is 0 Å². The number of thioether (sulfide) groups is 1. The van der Waals surface area contributed by atoms with E-state index in [9.17, 15) is 24.5 Å². The quantitative estimate of drug-likeness (QED) is 0.196. The summed E-state index contributed by atoms with van der Waals surface area (Å²) in [5.41, 5.74) is 1.55. The lowest BCUT2D eigenvalue weighted by molar-refractivity contribution is -0.384. The van der Waals surface area contributed by atoms with Crippen molar-refractivity contribution in [2.75, 3.05) is 19.0 Å². The van der Waals surface area contributed by atoms with Crippen molar-refractivity contribution in [1.29, 1.82) is 0 Å². The van der Waals surface area contributed by atoms with Gasteiger partial charge in [-0.25, -0.2) is 4.79 Å². The van der Waals surface area contributed by atoms with Gasteiger partial charge in [0.05, 0.1) is 22.5 Å². The van der Waals surface area contributed by atoms with Crippen LogP contribution in [0.25, 0.3) is 6.08 Å². The van der Waals surface area contributed by atoms with Gasteiger partial charge in [-0.3, -0.25) is 24.6 Å². The first-order valence-electron chi connectivity index (χ1n) is 9.76. The Balaban J connectivity index is 1.52. The summed E-state index contributed by atoms with van der Waals surface area (Å²) in [6, 6.07) is 12.2. The minimum atomic E-state index is -0.514. The summed E-state index contributed by atoms with van der Waals surface area (Å²) < 4.78 is 5.08. The molecule has 1 N–H and O–H groups in total. The lowest BCUT2D eigenvalue weighted by Gasteiger charge is -2.14. The molecule has 0 radical (unpaired) electrons. The number of esters is 1. The van der Waals surface area contributed by atoms with Gasteiger partial charge >= 0.3 is 5.97 Å². The van der Waals surface area contributed by atoms with Crippen molar-refractivity contribution >= 4 is 63.5 Å². The van der Waals surface area contributed by atoms with E-state index in [0.717, 1.165) is 5.56 Å². The Morgan fingerprint density at radius 3 is 2.45 bits per heavy atom. The Morgan fingerprint density at radius 1 is 1.18 bits per heavy atom. The number of nitrogens with zero attached hydrogens (tertiary/aromatic N) is 2. The fraction of sp³-hybridized carbons (Fsp3) is 0.182. The smallest absolute Gasteiger partial charge is 0.337 e. The second-order valence-electron chi connectivity index (χ2n) is 6.90. The molecule has 0 saturated carbocycles. The predicted octanol–water partition coefficient (Wildman–Crippen LogP) is 4.00. The van der Waals surface area contributed by atoms with Gasteiger partial charge in [0.25, 0.3) is 11.6 Å². The second kappa shape index (κ2) is 10.8. The Bertz CT molecular complexity index is 1130. The van der Waals surface area contributed by atoms with Crippen molar-refractivity contribution in [3.05, 3.63) is 74.7 Å². The largest absolute Gasteiger partial charge is 0.465 e. The maximum atomic E-state index is 12.7. The van der Waals surface area contributed by atoms with Gasteiger partial charge in [-0.05, 0) is 42.3 Å². The Hall–Kier alpha value is -3.57. The number of carbonyl (C=O) groups is 3. The number of anilines is 1. The maximum Gasteiger partial charge on any atom is 0.337 e. The lowest BCUT2D eigenvalue weighted by Crippen LogP contribution is -2.29. The molecule has 1 aliphatic heterocycles. The number of thiocarbonyl (C=S) groups is 1. The van der Waals surface area contributed by atoms with Crippen LogP contribution in [0.3, 0.4) is 0 Å². The van der Waals surface area contributed by atoms with E-state index >= 15 is 0 Å². The summed E-state index contributed by atoms with van der Waals surface area (Å²) in [6.07, 6.45) is 2.25. The number of nitro groups is 1. The van der Waals surface area contributed by atoms with Gasteiger partial charge < -0.3 is 10.1 Å². The molecule has 2 amide bonds. The highest BCUT2D eigenvalue weighted by atomic mass is 32.2. The van der Waals surface area contributed by atoms with E-state index in [4.69, 9.17) is 12.2 Å². The first-order chi connectivity index (χ1) is 15.8. The zero-order valence-corrected chi connectivity index (χ0v) is 19.1. The minimum Gasteiger partial charge on any atom is -0.465 e. The number of ether oxygens (including phenoxy) is 1. The molecule has 0 atom stereocenters. The van der Waals surface area contributed by atoms with Crippen LogP contribution < -0.4 is 5.32 Å². The molecule has 11 heteroatoms. The fourth-order valence-corrected chi connectivity index (χ4v) is 4.27. The zero-order valence-electron chi connectivity index (χ0n) is 17.5. The zero-order chi connectivity index (χ0) is 24.0. The summed E-state index contributed by atoms with van der Waals surface area (Å²) in [5.74, 6) is -0.946. The second-order valence-corrected chi connectivity index (χ2v) is 8.58. The molecular weight excluding hydrogens is 466 g/mol. The highest BCUT2D eigenvalue weighted by Gasteiger charge is 2.31. The van der Waals surface area contributed by atoms with Crippen LogP contribution in [0.15, 0.2) is 53.4 Å². The third kappa shape index (κ3) is 6.24. The number of rotatable bonds is 8. The van der Waals surface area contributed by atoms with Crippen molar-refractivity contribution in [3.8, 4) is 0 Å². The van der Waals surface area contributed by atoms with Crippen LogP contribution in [0.2, 0.25) is 0 Å². The highest BCUT2D eigenvalue weighted by molar-refractivity contribution is 8.26. The van der Waals surface area contributed by atoms with Crippen LogP contribution in [-0.4, -0.2) is 45.6 Å². The summed E-state index contributed by atoms with van der Waals surface area (Å²) in [4.78, 5) is 48.5. The third-order valence-corrected chi connectivity index (χ3v) is 6.03. The Kier molecular flexibility index (Phi) is 7.91. The van der Waals surface area contributed by atoms with Gasteiger partial charge in [0.2, 0.25) is 5.91 Å². The maximum absolute atomic E-state index is 12.7. The molecule has 1 heterocycles. The Morgan fingerprint density at radius 2 is 1.85 bits per heavy atom. The van der Waals surface area contributed by atoms with Crippen LogP contribution in [0.5, 0.6) is 0 Å². The molecule has 170 valence electrons. The average molecular weight is 486 g/mol. The number of amides is 2. The van der Waals surface area contributed by atoms with Gasteiger partial charge in [0.1, 0.15) is 4.32 Å². The number of hydrogen-bond acceptors (Lipinski definition) is 8. The third-order valence-electron chi connectivity index (χ3n) is 4.65. The standard InChI is InChI=1S/C22H19N3O6S2/c1-31-21(28)15-6-4-14(5-7-15)13-18-20(27)24(22(32)33-18)12-2-3-19(26)23-16-8-10-17(11-9-16)25(29)30/h4-11,13H,2-3,12H2,1H3,(H,23,26)/b18-13-. The van der Waals surface area contributed by atoms with Crippen LogP contribution in [0.4, 0.5) is 11.4 Å². The Labute approximate surface area is 198 Å². The predicted molar refractivity (Wildman–Crippen MR) is 129 cm³/mol. The van der Waals surface area contributed by atoms with Crippen LogP contribution in [-0.2, 0) is 14.3 Å². The van der Waals surface area contributed by atoms with Crippen molar-refractivity contribution in [1.82, 2.24) is 4.90 Å². The van der Waals surface area contributed by atoms with Gasteiger partial charge in [-0.2, -0.15) is 0 Å². The molecular formula is C22H19N3O6S2. The number of nitrogens with one attached hydrogen (secondary N) is 1. The first-order valence-corrected chi connectivity index (χ1v) is 11.0. The molecule has 2 aromatic rings. The fourth-order valence-electron chi connectivity index (χ4n) is 2.97. The van der Waals surface area contributed by atoms with Crippen LogP contribution in [0.1, 0.15) is 28.8 Å². The lowest BCUT2D eigenvalue weighted by atomic mass is 10.1. The van der Waals surface area contributed by atoms with E-state index in [1.165, 1.54) is 48.0 Å². The van der Waals surface area contributed by atoms with Gasteiger partial charge in [-0.15, -0.1) is 0 Å². The topological polar surface area (TPSA) is 119 Å². The van der Waals surface area contributed by atoms with E-state index in [-0.39, 0.29) is 30.5 Å². The van der Waals surface area contributed by atoms with Crippen molar-refractivity contribution in [2.45, 2.75) is 12.8 Å². The average Bonchev–Trinajstić information content (AvgIpc) is 3.06. The molecule has 0 aliphatic carbocycles. The molecule has 0 aromatic heterocycles. The normalized spacial score (nSPS) is 14.5. The van der Waals surface area contributed by atoms with Gasteiger partial charge in [0.15, 0.2) is 0 Å². The van der Waals surface area contributed by atoms with Crippen LogP contribution in [0, 0.1) is 10.1 Å². The summed E-state index contributed by atoms with van der Waals surface area (Å²) in [7, 11) is 1.31. The molecule has 1 fully saturated rings. The monoisotopic (exact) mass is 485 g/mol. The number of nitro benzene ring substituents is 1. The van der Waals surface area contributed by atoms with E-state index < -0.39 is 10.9 Å². The molecule has 1 aliphatic rings. The molecule has 3 rings (SSSR count). The summed E-state index contributed by atoms with van der Waals surface area (Å²) in [6.45, 7) is 0.289. The molecule has 1 saturated heterocycles. The highest BCUT2D eigenvalue weighted by Crippen LogP contribution is 2.32. The summed E-state index contributed by atoms with van der Waals surface area (Å²) in [5, 5.41) is 13.3. The molecule has 9 nitrogen and oxygen atoms in total. The van der Waals surface area contributed by atoms with Gasteiger partial charge in [0, 0.05) is 30.8 Å². The summed E-state index contributed by atoms with van der Waals surface area (Å²) >= 11 is 6.49. The molecule has 0 bridgehead atoms. The number of hydrogen-bond donors (Lipinski definition) is 1. The number of carbonyl (C=O) groups excluding carboxylic acids is 3. The number of methoxy groups -OCH3 is 1. The molecule has 0 spiro atoms. The van der Waals surface area contributed by atoms with E-state index in [1.54, 1.807) is 30.3 Å². The van der Waals surface area contributed by atoms with E-state index in [2.05, 4.69) is 10.1 Å². The van der Waals surface area contributed by atoms with Crippen LogP contribution >= 0.6 is 24.0 Å². The van der Waals surface area contributed by atoms with Gasteiger partial charge in [-0.1, -0.05) is 36.1 Å². The van der Waals surface area contributed by atoms with E-state index in [0.29, 0.717) is 26.9 Å². The van der Waals surface area contributed by atoms with Crippen molar-refractivity contribution in [2.24, 2.45) is 0 Å². The van der Waals surface area contributed by atoms with Crippen molar-refractivity contribution < 1.29 is 24.0 Å². The number of non-ortho nitro benzene ring substituents is 1. The molecule has 33 heavy (non-hydrogen) atoms. The number of benzene rings is 2. The molecule has 2 aromatic carbocycles. The SMILES string of the molecule is COC(=O)c1ccc(/C=C2\SC(=S)N(CCCC(=O)Nc3ccc([N+](=O)[O-])cc3)C2=O)cc1. The first kappa shape index (κ1) is 24.1. The minimum absolute atomic E-state index is 0.0603.